The van der Waals surface area contributed by atoms with Gasteiger partial charge in [0, 0.05) is 18.2 Å². The normalized spacial score (nSPS) is 12.6. The number of hydrogen-bond donors (Lipinski definition) is 2. The quantitative estimate of drug-likeness (QED) is 0.765. The van der Waals surface area contributed by atoms with Crippen molar-refractivity contribution in [3.05, 3.63) is 52.4 Å². The van der Waals surface area contributed by atoms with Gasteiger partial charge in [-0.1, -0.05) is 29.8 Å². The van der Waals surface area contributed by atoms with E-state index in [0.717, 1.165) is 28.7 Å². The van der Waals surface area contributed by atoms with Crippen LogP contribution < -0.4 is 5.32 Å². The van der Waals surface area contributed by atoms with Gasteiger partial charge in [0.2, 0.25) is 0 Å². The van der Waals surface area contributed by atoms with Crippen molar-refractivity contribution in [1.29, 1.82) is 0 Å². The number of nitrogens with one attached hydrogen (secondary N) is 1. The number of carbonyl (C=O) groups is 2. The molecule has 0 fully saturated rings. The highest BCUT2D eigenvalue weighted by molar-refractivity contribution is 7.92. The summed E-state index contributed by atoms with van der Waals surface area (Å²) < 4.78 is 23.0. The number of aryl methyl sites for hydroxylation is 1. The molecule has 134 valence electrons. The van der Waals surface area contributed by atoms with E-state index in [9.17, 15) is 23.1 Å². The standard InChI is InChI=1S/C17H19NO5S2/c1-11-4-3-5-12(6-11)7-13(17(20)21)9-18-16(19)14-8-15(24-10-14)25(2,22)23/h3-6,8,10,13H,7,9H2,1-2H3,(H,18,19)(H,20,21). The number of benzene rings is 1. The maximum absolute atomic E-state index is 12.1. The summed E-state index contributed by atoms with van der Waals surface area (Å²) in [5.74, 6) is -2.25. The van der Waals surface area contributed by atoms with Crippen molar-refractivity contribution < 1.29 is 23.1 Å². The molecule has 6 nitrogen and oxygen atoms in total. The first-order valence-corrected chi connectivity index (χ1v) is 10.3. The molecular formula is C17H19NO5S2. The Balaban J connectivity index is 2.02. The molecule has 0 aliphatic heterocycles. The molecule has 2 rings (SSSR count). The van der Waals surface area contributed by atoms with Gasteiger partial charge in [-0.3, -0.25) is 9.59 Å². The fourth-order valence-electron chi connectivity index (χ4n) is 2.32. The van der Waals surface area contributed by atoms with Gasteiger partial charge in [-0.2, -0.15) is 0 Å². The van der Waals surface area contributed by atoms with Crippen LogP contribution in [-0.2, 0) is 21.1 Å². The maximum atomic E-state index is 12.1. The lowest BCUT2D eigenvalue weighted by atomic mass is 9.98. The predicted octanol–water partition coefficient (Wildman–Crippen LogP) is 2.13. The molecule has 2 aromatic rings. The Morgan fingerprint density at radius 1 is 1.28 bits per heavy atom. The Kier molecular flexibility index (Phi) is 5.97. The van der Waals surface area contributed by atoms with E-state index in [1.165, 1.54) is 11.4 Å². The third-order valence-electron chi connectivity index (χ3n) is 3.63. The number of carbonyl (C=O) groups excluding carboxylic acids is 1. The molecule has 0 radical (unpaired) electrons. The second kappa shape index (κ2) is 7.79. The summed E-state index contributed by atoms with van der Waals surface area (Å²) >= 11 is 0.964. The summed E-state index contributed by atoms with van der Waals surface area (Å²) in [4.78, 5) is 23.6. The molecule has 1 aromatic carbocycles. The van der Waals surface area contributed by atoms with Crippen LogP contribution in [-0.4, -0.2) is 38.2 Å². The topological polar surface area (TPSA) is 101 Å². The minimum Gasteiger partial charge on any atom is -0.481 e. The van der Waals surface area contributed by atoms with Crippen molar-refractivity contribution in [3.8, 4) is 0 Å². The molecule has 0 aliphatic rings. The molecule has 1 heterocycles. The summed E-state index contributed by atoms with van der Waals surface area (Å²) in [5, 5.41) is 13.4. The van der Waals surface area contributed by atoms with Crippen LogP contribution in [0.1, 0.15) is 21.5 Å². The van der Waals surface area contributed by atoms with Gasteiger partial charge >= 0.3 is 5.97 Å². The van der Waals surface area contributed by atoms with E-state index in [0.29, 0.717) is 6.42 Å². The zero-order valence-electron chi connectivity index (χ0n) is 13.9. The molecular weight excluding hydrogens is 362 g/mol. The van der Waals surface area contributed by atoms with Crippen LogP contribution in [0.5, 0.6) is 0 Å². The van der Waals surface area contributed by atoms with E-state index in [-0.39, 0.29) is 16.3 Å². The lowest BCUT2D eigenvalue weighted by molar-refractivity contribution is -0.141. The molecule has 0 bridgehead atoms. The van der Waals surface area contributed by atoms with Crippen molar-refractivity contribution in [2.24, 2.45) is 5.92 Å². The Morgan fingerprint density at radius 3 is 2.56 bits per heavy atom. The SMILES string of the molecule is Cc1cccc(CC(CNC(=O)c2csc(S(C)(=O)=O)c2)C(=O)O)c1. The van der Waals surface area contributed by atoms with E-state index in [4.69, 9.17) is 0 Å². The first kappa shape index (κ1) is 19.1. The molecule has 8 heteroatoms. The molecule has 0 saturated carbocycles. The smallest absolute Gasteiger partial charge is 0.308 e. The average Bonchev–Trinajstić information content (AvgIpc) is 3.01. The summed E-state index contributed by atoms with van der Waals surface area (Å²) in [6, 6.07) is 8.85. The maximum Gasteiger partial charge on any atom is 0.308 e. The Labute approximate surface area is 150 Å². The number of amides is 1. The van der Waals surface area contributed by atoms with Crippen molar-refractivity contribution in [2.75, 3.05) is 12.8 Å². The van der Waals surface area contributed by atoms with Gasteiger partial charge in [-0.15, -0.1) is 11.3 Å². The van der Waals surface area contributed by atoms with E-state index in [2.05, 4.69) is 5.32 Å². The van der Waals surface area contributed by atoms with E-state index in [1.807, 2.05) is 31.2 Å². The van der Waals surface area contributed by atoms with Gasteiger partial charge < -0.3 is 10.4 Å². The number of thiophene rings is 1. The highest BCUT2D eigenvalue weighted by Gasteiger charge is 2.20. The van der Waals surface area contributed by atoms with Crippen LogP contribution in [0, 0.1) is 12.8 Å². The molecule has 0 aliphatic carbocycles. The third kappa shape index (κ3) is 5.40. The molecule has 2 N–H and O–H groups in total. The van der Waals surface area contributed by atoms with Gasteiger partial charge in [-0.05, 0) is 25.0 Å². The van der Waals surface area contributed by atoms with E-state index >= 15 is 0 Å². The predicted molar refractivity (Wildman–Crippen MR) is 95.8 cm³/mol. The highest BCUT2D eigenvalue weighted by atomic mass is 32.2. The van der Waals surface area contributed by atoms with Gasteiger partial charge in [0.1, 0.15) is 4.21 Å². The van der Waals surface area contributed by atoms with Gasteiger partial charge in [-0.25, -0.2) is 8.42 Å². The van der Waals surface area contributed by atoms with Crippen LogP contribution in [0.2, 0.25) is 0 Å². The summed E-state index contributed by atoms with van der Waals surface area (Å²) in [7, 11) is -3.36. The number of carboxylic acid groups (broad SMARTS) is 1. The van der Waals surface area contributed by atoms with Crippen molar-refractivity contribution >= 4 is 33.1 Å². The Hall–Kier alpha value is -2.19. The zero-order valence-corrected chi connectivity index (χ0v) is 15.5. The van der Waals surface area contributed by atoms with Crippen molar-refractivity contribution in [2.45, 2.75) is 17.6 Å². The number of aliphatic carboxylic acids is 1. The summed E-state index contributed by atoms with van der Waals surface area (Å²) in [6.45, 7) is 1.89. The van der Waals surface area contributed by atoms with Crippen LogP contribution in [0.3, 0.4) is 0 Å². The van der Waals surface area contributed by atoms with Gasteiger partial charge in [0.25, 0.3) is 5.91 Å². The molecule has 0 spiro atoms. The fraction of sp³-hybridized carbons (Fsp3) is 0.294. The van der Waals surface area contributed by atoms with Crippen molar-refractivity contribution in [3.63, 3.8) is 0 Å². The number of hydrogen-bond acceptors (Lipinski definition) is 5. The minimum atomic E-state index is -3.36. The van der Waals surface area contributed by atoms with Crippen molar-refractivity contribution in [1.82, 2.24) is 5.32 Å². The Morgan fingerprint density at radius 2 is 2.00 bits per heavy atom. The monoisotopic (exact) mass is 381 g/mol. The lowest BCUT2D eigenvalue weighted by Gasteiger charge is -2.13. The van der Waals surface area contributed by atoms with Crippen LogP contribution >= 0.6 is 11.3 Å². The Bertz CT molecular complexity index is 886. The first-order valence-electron chi connectivity index (χ1n) is 7.52. The minimum absolute atomic E-state index is 0.0356. The summed E-state index contributed by atoms with van der Waals surface area (Å²) in [6.07, 6.45) is 1.37. The fourth-order valence-corrected chi connectivity index (χ4v) is 4.12. The number of carboxylic acids is 1. The third-order valence-corrected chi connectivity index (χ3v) is 6.39. The number of sulfone groups is 1. The second-order valence-electron chi connectivity index (χ2n) is 5.86. The molecule has 0 saturated heterocycles. The molecule has 1 unspecified atom stereocenters. The van der Waals surface area contributed by atoms with Crippen LogP contribution in [0.15, 0.2) is 39.9 Å². The number of rotatable bonds is 7. The van der Waals surface area contributed by atoms with Crippen LogP contribution in [0.25, 0.3) is 0 Å². The largest absolute Gasteiger partial charge is 0.481 e. The summed E-state index contributed by atoms with van der Waals surface area (Å²) in [5.41, 5.74) is 2.14. The highest BCUT2D eigenvalue weighted by Crippen LogP contribution is 2.20. The lowest BCUT2D eigenvalue weighted by Crippen LogP contribution is -2.34. The second-order valence-corrected chi connectivity index (χ2v) is 9.02. The molecule has 1 aromatic heterocycles. The van der Waals surface area contributed by atoms with Gasteiger partial charge in [0.05, 0.1) is 11.5 Å². The molecule has 1 atom stereocenters. The molecule has 25 heavy (non-hydrogen) atoms. The zero-order chi connectivity index (χ0) is 18.6. The van der Waals surface area contributed by atoms with E-state index in [1.54, 1.807) is 0 Å². The van der Waals surface area contributed by atoms with E-state index < -0.39 is 27.6 Å². The first-order chi connectivity index (χ1) is 11.7. The molecule has 1 amide bonds. The van der Waals surface area contributed by atoms with Crippen LogP contribution in [0.4, 0.5) is 0 Å². The average molecular weight is 381 g/mol. The van der Waals surface area contributed by atoms with Gasteiger partial charge in [0.15, 0.2) is 9.84 Å².